The minimum absolute atomic E-state index is 0.291. The summed E-state index contributed by atoms with van der Waals surface area (Å²) in [6.45, 7) is 3.64. The van der Waals surface area contributed by atoms with Crippen LogP contribution in [0.5, 0.6) is 0 Å². The summed E-state index contributed by atoms with van der Waals surface area (Å²) in [5, 5.41) is 8.76. The average Bonchev–Trinajstić information content (AvgIpc) is 2.18. The van der Waals surface area contributed by atoms with E-state index in [0.717, 1.165) is 12.2 Å². The zero-order valence-corrected chi connectivity index (χ0v) is 8.40. The summed E-state index contributed by atoms with van der Waals surface area (Å²) < 4.78 is 0. The molecule has 0 aliphatic heterocycles. The highest BCUT2D eigenvalue weighted by atomic mass is 16.4. The highest BCUT2D eigenvalue weighted by Gasteiger charge is 2.05. The van der Waals surface area contributed by atoms with Gasteiger partial charge in [0.05, 0.1) is 11.3 Å². The molecule has 0 aromatic carbocycles. The van der Waals surface area contributed by atoms with E-state index in [1.165, 1.54) is 12.3 Å². The first-order valence-corrected chi connectivity index (χ1v) is 4.50. The molecular weight excluding hydrogens is 180 g/mol. The van der Waals surface area contributed by atoms with E-state index in [0.29, 0.717) is 12.1 Å². The third kappa shape index (κ3) is 2.81. The number of aromatic nitrogens is 1. The van der Waals surface area contributed by atoms with Crippen molar-refractivity contribution < 1.29 is 9.90 Å². The molecule has 4 heteroatoms. The van der Waals surface area contributed by atoms with Gasteiger partial charge in [-0.05, 0) is 25.7 Å². The first-order chi connectivity index (χ1) is 6.63. The molecule has 1 N–H and O–H groups in total. The standard InChI is InChI=1S/C10H14N2O2/c1-3-12(2)7-9-6-8(10(13)14)4-5-11-9/h4-6H,3,7H2,1-2H3,(H,13,14). The number of carboxylic acids is 1. The van der Waals surface area contributed by atoms with Crippen molar-refractivity contribution >= 4 is 5.97 Å². The molecule has 14 heavy (non-hydrogen) atoms. The lowest BCUT2D eigenvalue weighted by atomic mass is 10.2. The molecule has 0 saturated carbocycles. The Balaban J connectivity index is 2.78. The van der Waals surface area contributed by atoms with Crippen LogP contribution in [0.4, 0.5) is 0 Å². The Morgan fingerprint density at radius 3 is 2.93 bits per heavy atom. The number of nitrogens with zero attached hydrogens (tertiary/aromatic N) is 2. The Morgan fingerprint density at radius 1 is 1.64 bits per heavy atom. The smallest absolute Gasteiger partial charge is 0.335 e. The van der Waals surface area contributed by atoms with Crippen molar-refractivity contribution in [1.29, 1.82) is 0 Å². The van der Waals surface area contributed by atoms with E-state index in [2.05, 4.69) is 9.88 Å². The monoisotopic (exact) mass is 194 g/mol. The van der Waals surface area contributed by atoms with Crippen molar-refractivity contribution in [2.75, 3.05) is 13.6 Å². The summed E-state index contributed by atoms with van der Waals surface area (Å²) in [6.07, 6.45) is 1.53. The minimum Gasteiger partial charge on any atom is -0.478 e. The summed E-state index contributed by atoms with van der Waals surface area (Å²) >= 11 is 0. The van der Waals surface area contributed by atoms with Crippen molar-refractivity contribution in [3.8, 4) is 0 Å². The Bertz CT molecular complexity index is 326. The van der Waals surface area contributed by atoms with Crippen molar-refractivity contribution in [3.63, 3.8) is 0 Å². The number of carbonyl (C=O) groups is 1. The van der Waals surface area contributed by atoms with Crippen LogP contribution < -0.4 is 0 Å². The van der Waals surface area contributed by atoms with Gasteiger partial charge in [0, 0.05) is 12.7 Å². The van der Waals surface area contributed by atoms with Crippen LogP contribution in [0.15, 0.2) is 18.3 Å². The molecule has 0 radical (unpaired) electrons. The van der Waals surface area contributed by atoms with Crippen molar-refractivity contribution in [3.05, 3.63) is 29.6 Å². The fourth-order valence-corrected chi connectivity index (χ4v) is 1.09. The Labute approximate surface area is 83.2 Å². The minimum atomic E-state index is -0.909. The molecule has 1 rings (SSSR count). The highest BCUT2D eigenvalue weighted by Crippen LogP contribution is 2.04. The SMILES string of the molecule is CCN(C)Cc1cc(C(=O)O)ccn1. The Kier molecular flexibility index (Phi) is 3.59. The van der Waals surface area contributed by atoms with Crippen LogP contribution in [0.25, 0.3) is 0 Å². The van der Waals surface area contributed by atoms with E-state index in [1.807, 2.05) is 14.0 Å². The molecule has 0 saturated heterocycles. The van der Waals surface area contributed by atoms with Gasteiger partial charge in [0.15, 0.2) is 0 Å². The fraction of sp³-hybridized carbons (Fsp3) is 0.400. The fourth-order valence-electron chi connectivity index (χ4n) is 1.09. The molecular formula is C10H14N2O2. The molecule has 1 aromatic heterocycles. The van der Waals surface area contributed by atoms with Crippen LogP contribution in [-0.2, 0) is 6.54 Å². The van der Waals surface area contributed by atoms with Crippen molar-refractivity contribution in [1.82, 2.24) is 9.88 Å². The second-order valence-electron chi connectivity index (χ2n) is 3.17. The lowest BCUT2D eigenvalue weighted by Gasteiger charge is -2.12. The maximum Gasteiger partial charge on any atom is 0.335 e. The zero-order valence-electron chi connectivity index (χ0n) is 8.40. The van der Waals surface area contributed by atoms with Gasteiger partial charge in [-0.2, -0.15) is 0 Å². The Morgan fingerprint density at radius 2 is 2.36 bits per heavy atom. The number of aromatic carboxylic acids is 1. The lowest BCUT2D eigenvalue weighted by Crippen LogP contribution is -2.17. The molecule has 1 aromatic rings. The summed E-state index contributed by atoms with van der Waals surface area (Å²) in [5.41, 5.74) is 1.08. The molecule has 0 aliphatic carbocycles. The van der Waals surface area contributed by atoms with Crippen molar-refractivity contribution in [2.45, 2.75) is 13.5 Å². The molecule has 0 aliphatic rings. The van der Waals surface area contributed by atoms with E-state index in [4.69, 9.17) is 5.11 Å². The normalized spacial score (nSPS) is 10.5. The summed E-state index contributed by atoms with van der Waals surface area (Å²) in [5.74, 6) is -0.909. The third-order valence-electron chi connectivity index (χ3n) is 2.04. The van der Waals surface area contributed by atoms with E-state index in [1.54, 1.807) is 6.07 Å². The van der Waals surface area contributed by atoms with E-state index < -0.39 is 5.97 Å². The predicted octanol–water partition coefficient (Wildman–Crippen LogP) is 1.23. The summed E-state index contributed by atoms with van der Waals surface area (Å²) in [7, 11) is 1.97. The van der Waals surface area contributed by atoms with Crippen LogP contribution in [0.1, 0.15) is 23.0 Å². The predicted molar refractivity (Wildman–Crippen MR) is 53.2 cm³/mol. The Hall–Kier alpha value is -1.42. The van der Waals surface area contributed by atoms with E-state index in [-0.39, 0.29) is 0 Å². The van der Waals surface area contributed by atoms with Gasteiger partial charge >= 0.3 is 5.97 Å². The molecule has 0 fully saturated rings. The lowest BCUT2D eigenvalue weighted by molar-refractivity contribution is 0.0696. The molecule has 0 spiro atoms. The second-order valence-corrected chi connectivity index (χ2v) is 3.17. The largest absolute Gasteiger partial charge is 0.478 e. The molecule has 0 atom stereocenters. The van der Waals surface area contributed by atoms with Crippen LogP contribution in [-0.4, -0.2) is 34.6 Å². The van der Waals surface area contributed by atoms with Gasteiger partial charge in [-0.3, -0.25) is 4.98 Å². The molecule has 4 nitrogen and oxygen atoms in total. The zero-order chi connectivity index (χ0) is 10.6. The number of rotatable bonds is 4. The van der Waals surface area contributed by atoms with Gasteiger partial charge in [0.1, 0.15) is 0 Å². The first-order valence-electron chi connectivity index (χ1n) is 4.50. The number of hydrogen-bond donors (Lipinski definition) is 1. The van der Waals surface area contributed by atoms with Crippen LogP contribution in [0.2, 0.25) is 0 Å². The van der Waals surface area contributed by atoms with Gasteiger partial charge in [0.2, 0.25) is 0 Å². The summed E-state index contributed by atoms with van der Waals surface area (Å²) in [4.78, 5) is 16.8. The highest BCUT2D eigenvalue weighted by molar-refractivity contribution is 5.87. The van der Waals surface area contributed by atoms with E-state index >= 15 is 0 Å². The molecule has 0 amide bonds. The topological polar surface area (TPSA) is 53.4 Å². The van der Waals surface area contributed by atoms with Crippen molar-refractivity contribution in [2.24, 2.45) is 0 Å². The van der Waals surface area contributed by atoms with Gasteiger partial charge < -0.3 is 10.0 Å². The number of hydrogen-bond acceptors (Lipinski definition) is 3. The third-order valence-corrected chi connectivity index (χ3v) is 2.04. The van der Waals surface area contributed by atoms with Gasteiger partial charge in [0.25, 0.3) is 0 Å². The average molecular weight is 194 g/mol. The van der Waals surface area contributed by atoms with E-state index in [9.17, 15) is 4.79 Å². The second kappa shape index (κ2) is 4.72. The maximum absolute atomic E-state index is 10.7. The van der Waals surface area contributed by atoms with Crippen LogP contribution in [0, 0.1) is 0 Å². The summed E-state index contributed by atoms with van der Waals surface area (Å²) in [6, 6.07) is 3.10. The molecule has 76 valence electrons. The molecule has 1 heterocycles. The van der Waals surface area contributed by atoms with Crippen LogP contribution >= 0.6 is 0 Å². The number of pyridine rings is 1. The van der Waals surface area contributed by atoms with Gasteiger partial charge in [-0.25, -0.2) is 4.79 Å². The van der Waals surface area contributed by atoms with Gasteiger partial charge in [-0.15, -0.1) is 0 Å². The quantitative estimate of drug-likeness (QED) is 0.783. The van der Waals surface area contributed by atoms with Gasteiger partial charge in [-0.1, -0.05) is 6.92 Å². The maximum atomic E-state index is 10.7. The van der Waals surface area contributed by atoms with Crippen LogP contribution in [0.3, 0.4) is 0 Å². The first kappa shape index (κ1) is 10.7. The molecule has 0 unspecified atom stereocenters. The number of carboxylic acid groups (broad SMARTS) is 1. The molecule has 0 bridgehead atoms.